The van der Waals surface area contributed by atoms with Gasteiger partial charge in [-0.2, -0.15) is 52.7 Å². The molecule has 0 amide bonds. The minimum Gasteiger partial charge on any atom is -0.183 e. The largest absolute Gasteiger partial charge is 0.183 e. The molecule has 167 valence electrons. The Morgan fingerprint density at radius 1 is 0.667 bits per heavy atom. The summed E-state index contributed by atoms with van der Waals surface area (Å²) < 4.78 is 0. The molecule has 0 saturated carbocycles. The van der Waals surface area contributed by atoms with E-state index >= 15 is 0 Å². The average molecular weight is 663 g/mol. The number of rotatable bonds is 1. The molecule has 0 bridgehead atoms. The number of fused-ring (bicyclic) bond motifs is 2. The fourth-order valence-corrected chi connectivity index (χ4v) is 3.66. The van der Waals surface area contributed by atoms with Crippen LogP contribution >= 0.6 is 0 Å². The summed E-state index contributed by atoms with van der Waals surface area (Å²) >= 11 is 0. The molecule has 0 nitrogen and oxygen atoms in total. The summed E-state index contributed by atoms with van der Waals surface area (Å²) in [5.74, 6) is 0. The van der Waals surface area contributed by atoms with Crippen LogP contribution in [0.2, 0.25) is 0 Å². The van der Waals surface area contributed by atoms with Gasteiger partial charge in [-0.15, -0.1) is 5.56 Å². The molecule has 0 aliphatic heterocycles. The molecule has 0 unspecified atom stereocenters. The zero-order valence-corrected chi connectivity index (χ0v) is 30.3. The average Bonchev–Trinajstić information content (AvgIpc) is 2.71. The van der Waals surface area contributed by atoms with Crippen LogP contribution in [-0.2, 0) is 98.1 Å². The summed E-state index contributed by atoms with van der Waals surface area (Å²) in [5, 5.41) is 5.10. The fraction of sp³-hybridized carbons (Fsp3) is 0.333. The van der Waals surface area contributed by atoms with Crippen molar-refractivity contribution in [3.8, 4) is 11.1 Å². The molecule has 4 aromatic carbocycles. The number of benzene rings is 4. The Balaban J connectivity index is 0. The second kappa shape index (κ2) is 18.0. The Morgan fingerprint density at radius 3 is 1.85 bits per heavy atom. The van der Waals surface area contributed by atoms with Crippen molar-refractivity contribution in [3.63, 3.8) is 0 Å². The van der Waals surface area contributed by atoms with Gasteiger partial charge in [0.1, 0.15) is 0 Å². The van der Waals surface area contributed by atoms with E-state index in [1.54, 1.807) is 0 Å². The summed E-state index contributed by atoms with van der Waals surface area (Å²) in [6.07, 6.45) is 2.50. The van der Waals surface area contributed by atoms with Crippen LogP contribution in [0.4, 0.5) is 0 Å². The van der Waals surface area contributed by atoms with Crippen molar-refractivity contribution in [3.05, 3.63) is 82.9 Å². The molecule has 0 heterocycles. The normalized spacial score (nSPS) is 9.33. The van der Waals surface area contributed by atoms with Crippen LogP contribution < -0.4 is 0 Å². The van der Waals surface area contributed by atoms with Crippen LogP contribution in [0.25, 0.3) is 32.7 Å². The summed E-state index contributed by atoms with van der Waals surface area (Å²) in [6, 6.07) is 24.0. The van der Waals surface area contributed by atoms with Crippen LogP contribution in [-0.4, -0.2) is 0 Å². The van der Waals surface area contributed by atoms with Crippen molar-refractivity contribution < 1.29 is 98.1 Å². The van der Waals surface area contributed by atoms with Crippen molar-refractivity contribution in [2.75, 3.05) is 0 Å². The summed E-state index contributed by atoms with van der Waals surface area (Å²) in [4.78, 5) is 0. The topological polar surface area (TPSA) is 0 Å². The minimum atomic E-state index is 0. The molecule has 4 aromatic rings. The molecule has 3 radical (unpaired) electrons. The third kappa shape index (κ3) is 9.26. The van der Waals surface area contributed by atoms with E-state index in [1.165, 1.54) is 67.8 Å². The SMILES string of the molecule is CCC.CCC.Cc1ccc2c(-c3c(C)[c-]cc4c[c-]ccc34)c(C)c(C)cc2c1.[Y].[Y].[Y]. The maximum Gasteiger partial charge on any atom is 0 e. The Labute approximate surface area is 278 Å². The van der Waals surface area contributed by atoms with Gasteiger partial charge in [0.2, 0.25) is 0 Å². The predicted octanol–water partition coefficient (Wildman–Crippen LogP) is 9.32. The standard InChI is InChI=1S/C24H20.2C3H8.3Y/c1-15-9-12-22-20(13-15)14-17(3)18(4)24(22)23-16(2)10-11-19-7-5-6-8-21(19)23;2*1-3-2;;;/h6-9,11-14H,1-4H3;2*3H2,1-2H3;;;/q-2;;;;;. The molecule has 0 N–H and O–H groups in total. The van der Waals surface area contributed by atoms with E-state index in [1.807, 2.05) is 12.1 Å². The van der Waals surface area contributed by atoms with Crippen LogP contribution in [0.5, 0.6) is 0 Å². The molecule has 33 heavy (non-hydrogen) atoms. The van der Waals surface area contributed by atoms with Crippen molar-refractivity contribution >= 4 is 21.5 Å². The summed E-state index contributed by atoms with van der Waals surface area (Å²) in [6.45, 7) is 17.3. The van der Waals surface area contributed by atoms with E-state index in [0.29, 0.717) is 0 Å². The van der Waals surface area contributed by atoms with Crippen LogP contribution in [0, 0.1) is 39.8 Å². The fourth-order valence-electron chi connectivity index (χ4n) is 3.66. The summed E-state index contributed by atoms with van der Waals surface area (Å²) in [7, 11) is 0. The second-order valence-corrected chi connectivity index (χ2v) is 8.13. The first-order chi connectivity index (χ1) is 14.4. The third-order valence-electron chi connectivity index (χ3n) is 5.05. The van der Waals surface area contributed by atoms with Gasteiger partial charge in [-0.05, 0) is 37.1 Å². The van der Waals surface area contributed by atoms with Crippen molar-refractivity contribution in [1.82, 2.24) is 0 Å². The predicted molar refractivity (Wildman–Crippen MR) is 135 cm³/mol. The molecule has 0 spiro atoms. The van der Waals surface area contributed by atoms with Gasteiger partial charge in [0.15, 0.2) is 0 Å². The number of aryl methyl sites for hydroxylation is 3. The van der Waals surface area contributed by atoms with E-state index in [0.717, 1.165) is 0 Å². The maximum absolute atomic E-state index is 3.44. The van der Waals surface area contributed by atoms with Crippen LogP contribution in [0.15, 0.2) is 48.5 Å². The first kappa shape index (κ1) is 35.9. The Hall–Kier alpha value is 0.712. The molecule has 3 heteroatoms. The third-order valence-corrected chi connectivity index (χ3v) is 5.05. The van der Waals surface area contributed by atoms with Crippen molar-refractivity contribution in [1.29, 1.82) is 0 Å². The molecule has 0 aliphatic rings. The van der Waals surface area contributed by atoms with E-state index in [-0.39, 0.29) is 98.1 Å². The zero-order chi connectivity index (χ0) is 22.3. The van der Waals surface area contributed by atoms with E-state index < -0.39 is 0 Å². The van der Waals surface area contributed by atoms with Crippen molar-refractivity contribution in [2.24, 2.45) is 0 Å². The van der Waals surface area contributed by atoms with Crippen LogP contribution in [0.3, 0.4) is 0 Å². The second-order valence-electron chi connectivity index (χ2n) is 8.13. The van der Waals surface area contributed by atoms with Crippen LogP contribution in [0.1, 0.15) is 62.8 Å². The minimum absolute atomic E-state index is 0. The molecule has 0 atom stereocenters. The molecule has 0 aliphatic carbocycles. The van der Waals surface area contributed by atoms with Gasteiger partial charge in [0, 0.05) is 98.1 Å². The Morgan fingerprint density at radius 2 is 1.24 bits per heavy atom. The maximum atomic E-state index is 3.44. The molecular formula is C30H36Y3-2. The molecule has 0 saturated heterocycles. The van der Waals surface area contributed by atoms with E-state index in [9.17, 15) is 0 Å². The Kier molecular flexibility index (Phi) is 19.6. The molecule has 0 fully saturated rings. The van der Waals surface area contributed by atoms with Gasteiger partial charge < -0.3 is 0 Å². The Bertz CT molecular complexity index is 1130. The number of hydrogen-bond acceptors (Lipinski definition) is 0. The van der Waals surface area contributed by atoms with Gasteiger partial charge in [0.25, 0.3) is 0 Å². The van der Waals surface area contributed by atoms with E-state index in [2.05, 4.69) is 104 Å². The monoisotopic (exact) mass is 663 g/mol. The van der Waals surface area contributed by atoms with E-state index in [4.69, 9.17) is 0 Å². The van der Waals surface area contributed by atoms with Gasteiger partial charge in [-0.1, -0.05) is 88.4 Å². The molecular weight excluding hydrogens is 627 g/mol. The molecule has 4 rings (SSSR count). The quantitative estimate of drug-likeness (QED) is 0.178. The first-order valence-corrected chi connectivity index (χ1v) is 11.2. The smallest absolute Gasteiger partial charge is 0 e. The zero-order valence-electron chi connectivity index (χ0n) is 21.8. The van der Waals surface area contributed by atoms with Crippen molar-refractivity contribution in [2.45, 2.75) is 68.2 Å². The number of hydrogen-bond donors (Lipinski definition) is 0. The van der Waals surface area contributed by atoms with Gasteiger partial charge in [0.05, 0.1) is 0 Å². The first-order valence-electron chi connectivity index (χ1n) is 11.2. The van der Waals surface area contributed by atoms with Gasteiger partial charge in [-0.3, -0.25) is 0 Å². The van der Waals surface area contributed by atoms with Gasteiger partial charge in [-0.25, -0.2) is 0 Å². The van der Waals surface area contributed by atoms with Gasteiger partial charge >= 0.3 is 0 Å². The summed E-state index contributed by atoms with van der Waals surface area (Å²) in [5.41, 5.74) is 7.83. The molecule has 0 aromatic heterocycles.